The highest BCUT2D eigenvalue weighted by Gasteiger charge is 2.15. The third-order valence-corrected chi connectivity index (χ3v) is 4.13. The highest BCUT2D eigenvalue weighted by Crippen LogP contribution is 2.22. The van der Waals surface area contributed by atoms with Crippen molar-refractivity contribution in [2.75, 3.05) is 6.54 Å². The minimum Gasteiger partial charge on any atom is -0.312 e. The van der Waals surface area contributed by atoms with E-state index in [0.717, 1.165) is 18.9 Å². The zero-order chi connectivity index (χ0) is 14.3. The lowest BCUT2D eigenvalue weighted by Crippen LogP contribution is -2.39. The molecule has 19 heavy (non-hydrogen) atoms. The fourth-order valence-corrected chi connectivity index (χ4v) is 2.64. The molecule has 2 heteroatoms. The monoisotopic (exact) mass is 325 g/mol. The van der Waals surface area contributed by atoms with Gasteiger partial charge in [-0.3, -0.25) is 0 Å². The van der Waals surface area contributed by atoms with E-state index in [-0.39, 0.29) is 5.54 Å². The van der Waals surface area contributed by atoms with Gasteiger partial charge in [0.1, 0.15) is 0 Å². The third-order valence-electron chi connectivity index (χ3n) is 3.35. The van der Waals surface area contributed by atoms with E-state index in [1.165, 1.54) is 29.3 Å². The Kier molecular flexibility index (Phi) is 7.09. The molecule has 0 fully saturated rings. The molecular formula is C17H28BrN. The number of benzene rings is 1. The molecule has 0 aliphatic carbocycles. The maximum absolute atomic E-state index is 3.66. The van der Waals surface area contributed by atoms with Gasteiger partial charge in [0.15, 0.2) is 0 Å². The normalized spacial score (nSPS) is 13.5. The summed E-state index contributed by atoms with van der Waals surface area (Å²) in [6, 6.07) is 8.60. The number of hydrogen-bond acceptors (Lipinski definition) is 1. The van der Waals surface area contributed by atoms with Gasteiger partial charge in [0.25, 0.3) is 0 Å². The number of unbranched alkanes of at least 4 members (excludes halogenated alkanes) is 1. The Morgan fingerprint density at radius 1 is 1.21 bits per heavy atom. The van der Waals surface area contributed by atoms with Crippen LogP contribution >= 0.6 is 15.9 Å². The summed E-state index contributed by atoms with van der Waals surface area (Å²) in [5.74, 6) is 0.720. The second kappa shape index (κ2) is 8.06. The molecular weight excluding hydrogens is 298 g/mol. The van der Waals surface area contributed by atoms with Crippen LogP contribution in [0.1, 0.15) is 52.5 Å². The molecule has 1 N–H and O–H groups in total. The molecule has 1 unspecified atom stereocenters. The van der Waals surface area contributed by atoms with Gasteiger partial charge in [-0.2, -0.15) is 0 Å². The van der Waals surface area contributed by atoms with Gasteiger partial charge in [-0.25, -0.2) is 0 Å². The first-order valence-electron chi connectivity index (χ1n) is 7.41. The van der Waals surface area contributed by atoms with Crippen LogP contribution in [0.25, 0.3) is 0 Å². The van der Waals surface area contributed by atoms with E-state index < -0.39 is 0 Å². The van der Waals surface area contributed by atoms with Gasteiger partial charge in [0.05, 0.1) is 0 Å². The topological polar surface area (TPSA) is 12.0 Å². The zero-order valence-electron chi connectivity index (χ0n) is 12.8. The van der Waals surface area contributed by atoms with Crippen LogP contribution in [0, 0.1) is 5.92 Å². The van der Waals surface area contributed by atoms with Crippen molar-refractivity contribution in [2.24, 2.45) is 5.92 Å². The number of hydrogen-bond donors (Lipinski definition) is 1. The van der Waals surface area contributed by atoms with Gasteiger partial charge in [-0.1, -0.05) is 53.9 Å². The Morgan fingerprint density at radius 3 is 2.47 bits per heavy atom. The van der Waals surface area contributed by atoms with Crippen molar-refractivity contribution in [3.8, 4) is 0 Å². The Morgan fingerprint density at radius 2 is 1.89 bits per heavy atom. The van der Waals surface area contributed by atoms with Gasteiger partial charge in [-0.15, -0.1) is 0 Å². The Bertz CT molecular complexity index is 368. The third kappa shape index (κ3) is 7.12. The first-order valence-corrected chi connectivity index (χ1v) is 8.20. The van der Waals surface area contributed by atoms with Crippen molar-refractivity contribution in [2.45, 2.75) is 58.9 Å². The smallest absolute Gasteiger partial charge is 0.0207 e. The van der Waals surface area contributed by atoms with Crippen LogP contribution in [0.5, 0.6) is 0 Å². The van der Waals surface area contributed by atoms with Gasteiger partial charge < -0.3 is 5.32 Å². The molecule has 0 bridgehead atoms. The largest absolute Gasteiger partial charge is 0.312 e. The van der Waals surface area contributed by atoms with Gasteiger partial charge in [0.2, 0.25) is 0 Å². The maximum atomic E-state index is 3.66. The molecule has 0 aliphatic rings. The Hall–Kier alpha value is -0.340. The van der Waals surface area contributed by atoms with E-state index in [0.29, 0.717) is 0 Å². The minimum absolute atomic E-state index is 0.207. The lowest BCUT2D eigenvalue weighted by Gasteiger charge is -2.25. The first-order chi connectivity index (χ1) is 8.92. The van der Waals surface area contributed by atoms with Crippen LogP contribution in [0.15, 0.2) is 28.7 Å². The minimum atomic E-state index is 0.207. The molecule has 0 spiro atoms. The maximum Gasteiger partial charge on any atom is 0.0207 e. The van der Waals surface area contributed by atoms with Crippen molar-refractivity contribution < 1.29 is 0 Å². The van der Waals surface area contributed by atoms with Crippen LogP contribution in [0.4, 0.5) is 0 Å². The second-order valence-corrected chi connectivity index (χ2v) is 7.29. The molecule has 0 aliphatic heterocycles. The predicted molar refractivity (Wildman–Crippen MR) is 88.6 cm³/mol. The standard InChI is InChI=1S/C17H28BrN/c1-5-6-9-14(13-19-17(2,3)4)12-15-10-7-8-11-16(15)18/h7-8,10-11,14,19H,5-6,9,12-13H2,1-4H3. The van der Waals surface area contributed by atoms with E-state index in [4.69, 9.17) is 0 Å². The summed E-state index contributed by atoms with van der Waals surface area (Å²) in [5.41, 5.74) is 1.64. The molecule has 1 nitrogen and oxygen atoms in total. The SMILES string of the molecule is CCCCC(CNC(C)(C)C)Cc1ccccc1Br. The van der Waals surface area contributed by atoms with E-state index in [1.807, 2.05) is 0 Å². The predicted octanol–water partition coefficient (Wildman–Crippen LogP) is 5.19. The Labute approximate surface area is 127 Å². The summed E-state index contributed by atoms with van der Waals surface area (Å²) < 4.78 is 1.24. The number of halogens is 1. The van der Waals surface area contributed by atoms with Crippen LogP contribution in [-0.2, 0) is 6.42 Å². The van der Waals surface area contributed by atoms with Crippen LogP contribution in [0.2, 0.25) is 0 Å². The van der Waals surface area contributed by atoms with Crippen LogP contribution < -0.4 is 5.32 Å². The molecule has 1 aromatic rings. The van der Waals surface area contributed by atoms with E-state index in [9.17, 15) is 0 Å². The summed E-state index contributed by atoms with van der Waals surface area (Å²) in [6.45, 7) is 10.1. The zero-order valence-corrected chi connectivity index (χ0v) is 14.4. The van der Waals surface area contributed by atoms with Crippen molar-refractivity contribution in [1.82, 2.24) is 5.32 Å². The van der Waals surface area contributed by atoms with Crippen molar-refractivity contribution in [3.63, 3.8) is 0 Å². The van der Waals surface area contributed by atoms with E-state index in [1.54, 1.807) is 0 Å². The summed E-state index contributed by atoms with van der Waals surface area (Å²) >= 11 is 3.66. The van der Waals surface area contributed by atoms with Crippen molar-refractivity contribution in [1.29, 1.82) is 0 Å². The highest BCUT2D eigenvalue weighted by molar-refractivity contribution is 9.10. The van der Waals surface area contributed by atoms with Gasteiger partial charge in [-0.05, 0) is 57.7 Å². The summed E-state index contributed by atoms with van der Waals surface area (Å²) in [7, 11) is 0. The molecule has 1 rings (SSSR count). The van der Waals surface area contributed by atoms with E-state index >= 15 is 0 Å². The molecule has 1 atom stereocenters. The molecule has 1 aromatic carbocycles. The molecule has 0 aromatic heterocycles. The molecule has 0 amide bonds. The fourth-order valence-electron chi connectivity index (χ4n) is 2.19. The molecule has 0 saturated heterocycles. The molecule has 0 saturated carbocycles. The van der Waals surface area contributed by atoms with Gasteiger partial charge in [0, 0.05) is 10.0 Å². The lowest BCUT2D eigenvalue weighted by molar-refractivity contribution is 0.351. The average Bonchev–Trinajstić information content (AvgIpc) is 2.34. The Balaban J connectivity index is 2.61. The fraction of sp³-hybridized carbons (Fsp3) is 0.647. The van der Waals surface area contributed by atoms with Crippen LogP contribution in [-0.4, -0.2) is 12.1 Å². The number of nitrogens with one attached hydrogen (secondary N) is 1. The van der Waals surface area contributed by atoms with Crippen molar-refractivity contribution in [3.05, 3.63) is 34.3 Å². The first kappa shape index (κ1) is 16.7. The highest BCUT2D eigenvalue weighted by atomic mass is 79.9. The summed E-state index contributed by atoms with van der Waals surface area (Å²) in [4.78, 5) is 0. The summed E-state index contributed by atoms with van der Waals surface area (Å²) in [6.07, 6.45) is 5.06. The quantitative estimate of drug-likeness (QED) is 0.727. The lowest BCUT2D eigenvalue weighted by atomic mass is 9.93. The summed E-state index contributed by atoms with van der Waals surface area (Å²) in [5, 5.41) is 3.66. The van der Waals surface area contributed by atoms with Crippen molar-refractivity contribution >= 4 is 15.9 Å². The average molecular weight is 326 g/mol. The molecule has 108 valence electrons. The second-order valence-electron chi connectivity index (χ2n) is 6.43. The van der Waals surface area contributed by atoms with E-state index in [2.05, 4.69) is 73.2 Å². The number of rotatable bonds is 7. The molecule has 0 radical (unpaired) electrons. The molecule has 0 heterocycles. The van der Waals surface area contributed by atoms with Gasteiger partial charge >= 0.3 is 0 Å². The van der Waals surface area contributed by atoms with Crippen LogP contribution in [0.3, 0.4) is 0 Å².